The standard InChI is InChI=1S/C19H31FO/c1-18-9-8-15-14(16(18)10-13(20)11-18)7-6-12-4-3-5-17(21)19(12,15)2/h12-17,21H,3-11H2,1-2H3/t12?,13?,14-,15-,16+,17?,18-,19+/m1/s1. The van der Waals surface area contributed by atoms with Crippen molar-refractivity contribution in [3.63, 3.8) is 0 Å². The smallest absolute Gasteiger partial charge is 0.101 e. The molecule has 0 bridgehead atoms. The molecular formula is C19H31FO. The number of hydrogen-bond donors (Lipinski definition) is 1. The molecule has 0 spiro atoms. The van der Waals surface area contributed by atoms with Gasteiger partial charge in [0.2, 0.25) is 0 Å². The molecule has 0 aromatic rings. The molecule has 4 rings (SSSR count). The Morgan fingerprint density at radius 1 is 1.00 bits per heavy atom. The first-order valence-electron chi connectivity index (χ1n) is 9.27. The summed E-state index contributed by atoms with van der Waals surface area (Å²) in [5.74, 6) is 2.63. The molecule has 1 nitrogen and oxygen atoms in total. The molecular weight excluding hydrogens is 263 g/mol. The van der Waals surface area contributed by atoms with Crippen molar-refractivity contribution in [2.24, 2.45) is 34.5 Å². The Labute approximate surface area is 128 Å². The molecule has 0 aromatic carbocycles. The topological polar surface area (TPSA) is 20.2 Å². The first kappa shape index (κ1) is 14.5. The quantitative estimate of drug-likeness (QED) is 0.685. The molecule has 8 atom stereocenters. The lowest BCUT2D eigenvalue weighted by molar-refractivity contribution is -0.159. The summed E-state index contributed by atoms with van der Waals surface area (Å²) in [6.45, 7) is 4.72. The summed E-state index contributed by atoms with van der Waals surface area (Å²) >= 11 is 0. The van der Waals surface area contributed by atoms with Gasteiger partial charge in [0, 0.05) is 0 Å². The Morgan fingerprint density at radius 3 is 2.62 bits per heavy atom. The van der Waals surface area contributed by atoms with Gasteiger partial charge in [0.1, 0.15) is 6.17 Å². The van der Waals surface area contributed by atoms with Gasteiger partial charge in [-0.15, -0.1) is 0 Å². The van der Waals surface area contributed by atoms with Gasteiger partial charge >= 0.3 is 0 Å². The molecule has 0 aromatic heterocycles. The van der Waals surface area contributed by atoms with E-state index in [1.807, 2.05) is 0 Å². The van der Waals surface area contributed by atoms with Gasteiger partial charge in [-0.3, -0.25) is 0 Å². The van der Waals surface area contributed by atoms with E-state index >= 15 is 0 Å². The molecule has 120 valence electrons. The van der Waals surface area contributed by atoms with Crippen LogP contribution in [0.25, 0.3) is 0 Å². The molecule has 1 N–H and O–H groups in total. The van der Waals surface area contributed by atoms with Gasteiger partial charge in [0.05, 0.1) is 6.10 Å². The van der Waals surface area contributed by atoms with Crippen LogP contribution >= 0.6 is 0 Å². The van der Waals surface area contributed by atoms with Gasteiger partial charge < -0.3 is 5.11 Å². The van der Waals surface area contributed by atoms with Crippen molar-refractivity contribution < 1.29 is 9.50 Å². The monoisotopic (exact) mass is 294 g/mol. The largest absolute Gasteiger partial charge is 0.393 e. The predicted molar refractivity (Wildman–Crippen MR) is 82.6 cm³/mol. The molecule has 0 aliphatic heterocycles. The lowest BCUT2D eigenvalue weighted by Crippen LogP contribution is -2.57. The minimum atomic E-state index is -0.569. The van der Waals surface area contributed by atoms with E-state index in [2.05, 4.69) is 13.8 Å². The Bertz CT molecular complexity index is 424. The van der Waals surface area contributed by atoms with E-state index in [0.29, 0.717) is 17.8 Å². The van der Waals surface area contributed by atoms with Crippen LogP contribution in [0, 0.1) is 34.5 Å². The summed E-state index contributed by atoms with van der Waals surface area (Å²) in [7, 11) is 0. The molecule has 4 aliphatic carbocycles. The second-order valence-electron chi connectivity index (χ2n) is 9.19. The Balaban J connectivity index is 1.66. The summed E-state index contributed by atoms with van der Waals surface area (Å²) in [5.41, 5.74) is 0.375. The third kappa shape index (κ3) is 1.90. The summed E-state index contributed by atoms with van der Waals surface area (Å²) in [6.07, 6.45) is 9.40. The van der Waals surface area contributed by atoms with E-state index in [-0.39, 0.29) is 16.9 Å². The molecule has 0 saturated heterocycles. The van der Waals surface area contributed by atoms with Crippen molar-refractivity contribution in [3.8, 4) is 0 Å². The average molecular weight is 294 g/mol. The third-order valence-corrected chi connectivity index (χ3v) is 8.43. The van der Waals surface area contributed by atoms with Gasteiger partial charge in [-0.05, 0) is 85.9 Å². The maximum absolute atomic E-state index is 14.1. The van der Waals surface area contributed by atoms with E-state index in [9.17, 15) is 9.50 Å². The van der Waals surface area contributed by atoms with Gasteiger partial charge in [-0.2, -0.15) is 0 Å². The molecule has 2 heteroatoms. The normalized spacial score (nSPS) is 60.0. The molecule has 21 heavy (non-hydrogen) atoms. The highest BCUT2D eigenvalue weighted by Crippen LogP contribution is 2.66. The number of aliphatic hydroxyl groups is 1. The van der Waals surface area contributed by atoms with Gasteiger partial charge in [0.25, 0.3) is 0 Å². The van der Waals surface area contributed by atoms with Crippen LogP contribution in [0.5, 0.6) is 0 Å². The molecule has 3 unspecified atom stereocenters. The number of hydrogen-bond acceptors (Lipinski definition) is 1. The minimum Gasteiger partial charge on any atom is -0.393 e. The van der Waals surface area contributed by atoms with Crippen molar-refractivity contribution in [1.82, 2.24) is 0 Å². The fourth-order valence-corrected chi connectivity index (χ4v) is 7.28. The molecule has 0 amide bonds. The number of halogens is 1. The zero-order valence-electron chi connectivity index (χ0n) is 13.7. The van der Waals surface area contributed by atoms with Crippen molar-refractivity contribution in [2.45, 2.75) is 83.9 Å². The maximum Gasteiger partial charge on any atom is 0.101 e. The van der Waals surface area contributed by atoms with Crippen LogP contribution in [0.4, 0.5) is 4.39 Å². The van der Waals surface area contributed by atoms with Crippen LogP contribution in [0.2, 0.25) is 0 Å². The van der Waals surface area contributed by atoms with Gasteiger partial charge in [0.15, 0.2) is 0 Å². The summed E-state index contributed by atoms with van der Waals surface area (Å²) in [6, 6.07) is 0. The fourth-order valence-electron chi connectivity index (χ4n) is 7.28. The van der Waals surface area contributed by atoms with E-state index in [1.54, 1.807) is 0 Å². The number of aliphatic hydroxyl groups excluding tert-OH is 1. The highest BCUT2D eigenvalue weighted by atomic mass is 19.1. The van der Waals surface area contributed by atoms with Crippen molar-refractivity contribution in [1.29, 1.82) is 0 Å². The lowest BCUT2D eigenvalue weighted by Gasteiger charge is -2.61. The van der Waals surface area contributed by atoms with Crippen LogP contribution < -0.4 is 0 Å². The van der Waals surface area contributed by atoms with Gasteiger partial charge in [-0.25, -0.2) is 4.39 Å². The molecule has 0 heterocycles. The van der Waals surface area contributed by atoms with Crippen molar-refractivity contribution in [3.05, 3.63) is 0 Å². The maximum atomic E-state index is 14.1. The summed E-state index contributed by atoms with van der Waals surface area (Å²) in [4.78, 5) is 0. The van der Waals surface area contributed by atoms with Gasteiger partial charge in [-0.1, -0.05) is 20.3 Å². The number of alkyl halides is 1. The summed E-state index contributed by atoms with van der Waals surface area (Å²) < 4.78 is 14.1. The highest BCUT2D eigenvalue weighted by Gasteiger charge is 2.60. The zero-order chi connectivity index (χ0) is 14.8. The number of fused-ring (bicyclic) bond motifs is 5. The van der Waals surface area contributed by atoms with Crippen LogP contribution in [-0.2, 0) is 0 Å². The average Bonchev–Trinajstić information content (AvgIpc) is 2.74. The highest BCUT2D eigenvalue weighted by molar-refractivity contribution is 5.09. The zero-order valence-corrected chi connectivity index (χ0v) is 13.7. The minimum absolute atomic E-state index is 0.115. The first-order valence-corrected chi connectivity index (χ1v) is 9.27. The molecule has 4 fully saturated rings. The SMILES string of the molecule is C[C@]12CC[C@@H]3[C@@H](CCC4CCCC(O)[C@@]43C)[C@@H]1CC(F)C2. The first-order chi connectivity index (χ1) is 9.95. The van der Waals surface area contributed by atoms with Crippen LogP contribution in [0.15, 0.2) is 0 Å². The second-order valence-corrected chi connectivity index (χ2v) is 9.19. The molecule has 4 aliphatic rings. The van der Waals surface area contributed by atoms with E-state index in [4.69, 9.17) is 0 Å². The van der Waals surface area contributed by atoms with Crippen LogP contribution in [0.3, 0.4) is 0 Å². The Morgan fingerprint density at radius 2 is 1.81 bits per heavy atom. The fraction of sp³-hybridized carbons (Fsp3) is 1.00. The Kier molecular flexibility index (Phi) is 3.24. The number of rotatable bonds is 0. The van der Waals surface area contributed by atoms with Crippen molar-refractivity contribution >= 4 is 0 Å². The van der Waals surface area contributed by atoms with E-state index in [0.717, 1.165) is 25.2 Å². The Hall–Kier alpha value is -0.110. The van der Waals surface area contributed by atoms with Crippen molar-refractivity contribution in [2.75, 3.05) is 0 Å². The van der Waals surface area contributed by atoms with E-state index in [1.165, 1.54) is 38.5 Å². The van der Waals surface area contributed by atoms with Crippen LogP contribution in [-0.4, -0.2) is 17.4 Å². The molecule has 4 saturated carbocycles. The van der Waals surface area contributed by atoms with Crippen LogP contribution in [0.1, 0.15) is 71.6 Å². The second kappa shape index (κ2) is 4.69. The predicted octanol–water partition coefficient (Wildman–Crippen LogP) is 4.73. The third-order valence-electron chi connectivity index (χ3n) is 8.43. The summed E-state index contributed by atoms with van der Waals surface area (Å²) in [5, 5.41) is 10.8. The van der Waals surface area contributed by atoms with E-state index < -0.39 is 6.17 Å². The molecule has 0 radical (unpaired) electrons. The lowest BCUT2D eigenvalue weighted by atomic mass is 9.45.